The second-order valence-corrected chi connectivity index (χ2v) is 9.46. The van der Waals surface area contributed by atoms with E-state index in [1.54, 1.807) is 0 Å². The van der Waals surface area contributed by atoms with Gasteiger partial charge in [0, 0.05) is 26.2 Å². The molecule has 210 valence electrons. The summed E-state index contributed by atoms with van der Waals surface area (Å²) in [6, 6.07) is -0.655. The number of guanidine groups is 2. The zero-order chi connectivity index (χ0) is 27.0. The third kappa shape index (κ3) is 19.8. The Labute approximate surface area is 219 Å². The Hall–Kier alpha value is -2.52. The molecule has 0 fully saturated rings. The molecule has 0 aliphatic heterocycles. The van der Waals surface area contributed by atoms with Crippen molar-refractivity contribution in [1.29, 1.82) is 0 Å². The van der Waals surface area contributed by atoms with Crippen LogP contribution in [-0.2, 0) is 0 Å². The van der Waals surface area contributed by atoms with E-state index in [-0.39, 0.29) is 24.0 Å². The van der Waals surface area contributed by atoms with Crippen LogP contribution in [0.15, 0.2) is 9.98 Å². The topological polar surface area (TPSA) is 159 Å². The zero-order valence-corrected chi connectivity index (χ0v) is 23.3. The second-order valence-electron chi connectivity index (χ2n) is 9.46. The largest absolute Gasteiger partial charge is 0.370 e. The molecule has 0 aliphatic rings. The third-order valence-corrected chi connectivity index (χ3v) is 6.28. The highest BCUT2D eigenvalue weighted by atomic mass is 16.2. The van der Waals surface area contributed by atoms with Crippen LogP contribution in [-0.4, -0.2) is 50.2 Å². The van der Waals surface area contributed by atoms with Gasteiger partial charge in [-0.25, -0.2) is 9.59 Å². The minimum Gasteiger partial charge on any atom is -0.370 e. The van der Waals surface area contributed by atoms with Crippen molar-refractivity contribution in [2.45, 2.75) is 105 Å². The summed E-state index contributed by atoms with van der Waals surface area (Å²) in [6.45, 7) is 11.1. The highest BCUT2D eigenvalue weighted by molar-refractivity contribution is 5.95. The lowest BCUT2D eigenvalue weighted by Gasteiger charge is -2.12. The molecule has 10 heteroatoms. The van der Waals surface area contributed by atoms with Gasteiger partial charge in [0.25, 0.3) is 0 Å². The van der Waals surface area contributed by atoms with Crippen molar-refractivity contribution in [1.82, 2.24) is 21.3 Å². The van der Waals surface area contributed by atoms with Crippen molar-refractivity contribution in [2.75, 3.05) is 26.2 Å². The molecule has 0 aromatic heterocycles. The summed E-state index contributed by atoms with van der Waals surface area (Å²) in [4.78, 5) is 32.5. The molecule has 0 radical (unpaired) electrons. The minimum absolute atomic E-state index is 0.166. The van der Waals surface area contributed by atoms with Crippen LogP contribution in [0.2, 0.25) is 0 Å². The summed E-state index contributed by atoms with van der Waals surface area (Å²) in [5, 5.41) is 10.8. The number of hydrogen-bond acceptors (Lipinski definition) is 4. The zero-order valence-electron chi connectivity index (χ0n) is 23.3. The lowest BCUT2D eigenvalue weighted by molar-refractivity contribution is 0.243. The average molecular weight is 511 g/mol. The van der Waals surface area contributed by atoms with E-state index in [2.05, 4.69) is 58.9 Å². The molecule has 0 saturated carbocycles. The minimum atomic E-state index is -0.328. The number of aliphatic imine (C=N–C) groups is 2. The van der Waals surface area contributed by atoms with Crippen LogP contribution in [0.3, 0.4) is 0 Å². The molecule has 0 heterocycles. The summed E-state index contributed by atoms with van der Waals surface area (Å²) in [5.41, 5.74) is 11.6. The van der Waals surface area contributed by atoms with Crippen LogP contribution in [0.5, 0.6) is 0 Å². The fourth-order valence-corrected chi connectivity index (χ4v) is 3.70. The molecular formula is C26H54N8O2. The number of unbranched alkanes of at least 4 members (excludes halogenated alkanes) is 5. The van der Waals surface area contributed by atoms with Crippen LogP contribution < -0.4 is 32.7 Å². The Kier molecular flexibility index (Phi) is 21.3. The summed E-state index contributed by atoms with van der Waals surface area (Å²) in [6.07, 6.45) is 12.7. The second kappa shape index (κ2) is 22.9. The van der Waals surface area contributed by atoms with Crippen molar-refractivity contribution in [3.8, 4) is 0 Å². The maximum atomic E-state index is 11.9. The number of nitrogens with zero attached hydrogens (tertiary/aromatic N) is 2. The Bertz CT molecular complexity index is 585. The van der Waals surface area contributed by atoms with Crippen LogP contribution in [0.4, 0.5) is 9.59 Å². The molecule has 4 amide bonds. The molecule has 10 nitrogen and oxygen atoms in total. The van der Waals surface area contributed by atoms with Crippen molar-refractivity contribution in [2.24, 2.45) is 33.3 Å². The predicted molar refractivity (Wildman–Crippen MR) is 151 cm³/mol. The molecule has 0 aromatic carbocycles. The van der Waals surface area contributed by atoms with E-state index in [0.29, 0.717) is 38.0 Å². The van der Waals surface area contributed by atoms with Crippen LogP contribution in [0.1, 0.15) is 105 Å². The van der Waals surface area contributed by atoms with Crippen molar-refractivity contribution in [3.05, 3.63) is 0 Å². The van der Waals surface area contributed by atoms with E-state index < -0.39 is 0 Å². The van der Waals surface area contributed by atoms with Crippen molar-refractivity contribution >= 4 is 24.0 Å². The number of amides is 4. The van der Waals surface area contributed by atoms with Crippen molar-refractivity contribution in [3.63, 3.8) is 0 Å². The van der Waals surface area contributed by atoms with Gasteiger partial charge in [-0.05, 0) is 37.5 Å². The molecule has 36 heavy (non-hydrogen) atoms. The molecule has 0 bridgehead atoms. The van der Waals surface area contributed by atoms with Gasteiger partial charge in [-0.1, -0.05) is 79.1 Å². The first-order chi connectivity index (χ1) is 17.4. The number of urea groups is 2. The summed E-state index contributed by atoms with van der Waals surface area (Å²) in [5.74, 6) is 1.35. The molecule has 0 aromatic rings. The normalized spacial score (nSPS) is 13.7. The molecule has 0 spiro atoms. The Morgan fingerprint density at radius 3 is 1.36 bits per heavy atom. The molecule has 2 atom stereocenters. The van der Waals surface area contributed by atoms with E-state index in [0.717, 1.165) is 51.4 Å². The number of rotatable bonds is 19. The van der Waals surface area contributed by atoms with Crippen LogP contribution >= 0.6 is 0 Å². The van der Waals surface area contributed by atoms with E-state index >= 15 is 0 Å². The highest BCUT2D eigenvalue weighted by Gasteiger charge is 2.08. The fourth-order valence-electron chi connectivity index (χ4n) is 3.70. The Morgan fingerprint density at radius 2 is 1.03 bits per heavy atom. The quantitative estimate of drug-likeness (QED) is 0.0873. The number of nitrogens with two attached hydrogens (primary N) is 2. The molecule has 0 aliphatic carbocycles. The first kappa shape index (κ1) is 33.5. The van der Waals surface area contributed by atoms with E-state index in [1.165, 1.54) is 25.7 Å². The molecule has 0 saturated heterocycles. The van der Waals surface area contributed by atoms with Gasteiger partial charge in [0.1, 0.15) is 0 Å². The standard InChI is InChI=1S/C26H54N8O2/c1-5-9-15-21(7-3)19-31-23(27)33-25(35)29-17-13-11-12-14-18-30-26(36)34-24(28)32-20-22(8-4)16-10-6-2/h21-22H,5-20H2,1-4H3,(H4,27,29,31,33,35)(H4,28,30,32,34,36). The molecule has 0 rings (SSSR count). The van der Waals surface area contributed by atoms with Crippen LogP contribution in [0.25, 0.3) is 0 Å². The van der Waals surface area contributed by atoms with E-state index in [4.69, 9.17) is 11.5 Å². The number of nitrogens with one attached hydrogen (secondary N) is 4. The Balaban J connectivity index is 3.85. The van der Waals surface area contributed by atoms with Gasteiger partial charge in [-0.15, -0.1) is 0 Å². The maximum Gasteiger partial charge on any atom is 0.321 e. The first-order valence-corrected chi connectivity index (χ1v) is 14.1. The average Bonchev–Trinajstić information content (AvgIpc) is 2.85. The summed E-state index contributed by atoms with van der Waals surface area (Å²) >= 11 is 0. The monoisotopic (exact) mass is 510 g/mol. The van der Waals surface area contributed by atoms with Gasteiger partial charge >= 0.3 is 12.1 Å². The van der Waals surface area contributed by atoms with Gasteiger partial charge in [0.05, 0.1) is 0 Å². The predicted octanol–water partition coefficient (Wildman–Crippen LogP) is 4.21. The van der Waals surface area contributed by atoms with Crippen molar-refractivity contribution < 1.29 is 9.59 Å². The first-order valence-electron chi connectivity index (χ1n) is 14.1. The lowest BCUT2D eigenvalue weighted by atomic mass is 10.00. The molecular weight excluding hydrogens is 456 g/mol. The van der Waals surface area contributed by atoms with Gasteiger partial charge in [0.2, 0.25) is 0 Å². The smallest absolute Gasteiger partial charge is 0.321 e. The van der Waals surface area contributed by atoms with E-state index in [1.807, 2.05) is 0 Å². The number of hydrogen-bond donors (Lipinski definition) is 6. The van der Waals surface area contributed by atoms with Gasteiger partial charge < -0.3 is 22.1 Å². The van der Waals surface area contributed by atoms with Gasteiger partial charge in [0.15, 0.2) is 11.9 Å². The van der Waals surface area contributed by atoms with Gasteiger partial charge in [-0.2, -0.15) is 0 Å². The maximum absolute atomic E-state index is 11.9. The fraction of sp³-hybridized carbons (Fsp3) is 0.846. The van der Waals surface area contributed by atoms with E-state index in [9.17, 15) is 9.59 Å². The SMILES string of the molecule is CCCCC(CC)CN=C(N)NC(=O)NCCCCCCNC(=O)NC(N)=NCC(CC)CCCC. The Morgan fingerprint density at radius 1 is 0.639 bits per heavy atom. The molecule has 8 N–H and O–H groups in total. The summed E-state index contributed by atoms with van der Waals surface area (Å²) in [7, 11) is 0. The summed E-state index contributed by atoms with van der Waals surface area (Å²) < 4.78 is 0. The number of carbonyl (C=O) groups excluding carboxylic acids is 2. The number of carbonyl (C=O) groups is 2. The molecule has 2 unspecified atom stereocenters. The third-order valence-electron chi connectivity index (χ3n) is 6.28. The lowest BCUT2D eigenvalue weighted by Crippen LogP contribution is -2.44. The van der Waals surface area contributed by atoms with Crippen LogP contribution in [0, 0.1) is 11.8 Å². The highest BCUT2D eigenvalue weighted by Crippen LogP contribution is 2.13. The van der Waals surface area contributed by atoms with Gasteiger partial charge in [-0.3, -0.25) is 20.6 Å².